The molecule has 0 aliphatic carbocycles. The van der Waals surface area contributed by atoms with E-state index in [0.29, 0.717) is 44.1 Å². The maximum Gasteiger partial charge on any atom is 0.573 e. The summed E-state index contributed by atoms with van der Waals surface area (Å²) >= 11 is 0. The predicted molar refractivity (Wildman–Crippen MR) is 135 cm³/mol. The highest BCUT2D eigenvalue weighted by Gasteiger charge is 2.37. The number of nitrogens with zero attached hydrogens (tertiary/aromatic N) is 2. The van der Waals surface area contributed by atoms with Crippen molar-refractivity contribution in [3.8, 4) is 5.75 Å². The molecule has 2 aliphatic rings. The molecule has 2 fully saturated rings. The molecule has 2 aromatic carbocycles. The van der Waals surface area contributed by atoms with E-state index >= 15 is 0 Å². The lowest BCUT2D eigenvalue weighted by Crippen LogP contribution is -2.47. The maximum absolute atomic E-state index is 13.0. The average Bonchev–Trinajstić information content (AvgIpc) is 2.85. The minimum Gasteiger partial charge on any atom is -0.406 e. The van der Waals surface area contributed by atoms with Crippen molar-refractivity contribution in [2.24, 2.45) is 11.3 Å². The van der Waals surface area contributed by atoms with Crippen molar-refractivity contribution in [3.05, 3.63) is 60.2 Å². The zero-order chi connectivity index (χ0) is 25.6. The molecule has 2 aromatic rings. The molecule has 8 heteroatoms. The van der Waals surface area contributed by atoms with Crippen molar-refractivity contribution < 1.29 is 22.7 Å². The van der Waals surface area contributed by atoms with Crippen LogP contribution in [0.25, 0.3) is 0 Å². The topological polar surface area (TPSA) is 44.8 Å². The fourth-order valence-electron chi connectivity index (χ4n) is 5.24. The second kappa shape index (κ2) is 11.5. The first-order valence-electron chi connectivity index (χ1n) is 12.9. The van der Waals surface area contributed by atoms with Gasteiger partial charge in [-0.2, -0.15) is 0 Å². The summed E-state index contributed by atoms with van der Waals surface area (Å²) in [6.45, 7) is 7.09. The van der Waals surface area contributed by atoms with Crippen LogP contribution in [0.1, 0.15) is 44.6 Å². The molecule has 2 saturated heterocycles. The van der Waals surface area contributed by atoms with Crippen LogP contribution >= 0.6 is 0 Å². The van der Waals surface area contributed by atoms with Gasteiger partial charge in [0.25, 0.3) is 0 Å². The molecule has 5 nitrogen and oxygen atoms in total. The minimum atomic E-state index is -4.71. The van der Waals surface area contributed by atoms with Gasteiger partial charge in [-0.05, 0) is 68.8 Å². The normalized spacial score (nSPS) is 19.2. The quantitative estimate of drug-likeness (QED) is 0.509. The summed E-state index contributed by atoms with van der Waals surface area (Å²) in [4.78, 5) is 17.5. The molecule has 2 heterocycles. The van der Waals surface area contributed by atoms with Gasteiger partial charge >= 0.3 is 6.36 Å². The number of nitrogens with one attached hydrogen (secondary N) is 1. The van der Waals surface area contributed by atoms with Gasteiger partial charge in [0.05, 0.1) is 0 Å². The van der Waals surface area contributed by atoms with Gasteiger partial charge in [-0.3, -0.25) is 9.69 Å². The second-order valence-electron chi connectivity index (χ2n) is 10.3. The molecule has 196 valence electrons. The number of carbonyl (C=O) groups is 1. The third-order valence-corrected chi connectivity index (χ3v) is 7.63. The first kappa shape index (κ1) is 26.3. The van der Waals surface area contributed by atoms with Crippen LogP contribution in [0.3, 0.4) is 0 Å². The molecule has 4 rings (SSSR count). The standard InChI is InChI=1S/C28H36F3N3O2/c1-27(13-18-34(19-14-27)24-8-5-9-25(20-24)36-28(29,30)31)26(35)32-15-10-22-11-16-33(17-12-22)21-23-6-3-2-4-7-23/h2-9,20,22H,10-19,21H2,1H3,(H,32,35). The number of ether oxygens (including phenoxy) is 1. The van der Waals surface area contributed by atoms with E-state index in [1.54, 1.807) is 12.1 Å². The van der Waals surface area contributed by atoms with Gasteiger partial charge in [0.1, 0.15) is 5.75 Å². The van der Waals surface area contributed by atoms with Gasteiger partial charge in [-0.25, -0.2) is 0 Å². The fraction of sp³-hybridized carbons (Fsp3) is 0.536. The van der Waals surface area contributed by atoms with Crippen LogP contribution in [-0.2, 0) is 11.3 Å². The third kappa shape index (κ3) is 7.38. The SMILES string of the molecule is CC1(C(=O)NCCC2CCN(Cc3ccccc3)CC2)CCN(c2cccc(OC(F)(F)F)c2)CC1. The molecule has 36 heavy (non-hydrogen) atoms. The zero-order valence-corrected chi connectivity index (χ0v) is 20.9. The maximum atomic E-state index is 13.0. The molecule has 0 spiro atoms. The van der Waals surface area contributed by atoms with E-state index in [-0.39, 0.29) is 11.7 Å². The first-order chi connectivity index (χ1) is 17.2. The average molecular weight is 504 g/mol. The van der Waals surface area contributed by atoms with E-state index in [1.165, 1.54) is 17.7 Å². The monoisotopic (exact) mass is 503 g/mol. The lowest BCUT2D eigenvalue weighted by molar-refractivity contribution is -0.274. The Labute approximate surface area is 211 Å². The Hall–Kier alpha value is -2.74. The summed E-state index contributed by atoms with van der Waals surface area (Å²) in [6.07, 6.45) is -0.0876. The highest BCUT2D eigenvalue weighted by atomic mass is 19.4. The number of rotatable bonds is 8. The van der Waals surface area contributed by atoms with E-state index in [4.69, 9.17) is 0 Å². The Bertz CT molecular complexity index is 983. The number of piperidine rings is 2. The molecule has 0 aromatic heterocycles. The van der Waals surface area contributed by atoms with Crippen LogP contribution in [0.2, 0.25) is 0 Å². The number of hydrogen-bond donors (Lipinski definition) is 1. The van der Waals surface area contributed by atoms with Crippen molar-refractivity contribution in [1.82, 2.24) is 10.2 Å². The Balaban J connectivity index is 1.17. The van der Waals surface area contributed by atoms with Crippen LogP contribution in [0.15, 0.2) is 54.6 Å². The largest absolute Gasteiger partial charge is 0.573 e. The highest BCUT2D eigenvalue weighted by Crippen LogP contribution is 2.35. The smallest absolute Gasteiger partial charge is 0.406 e. The molecule has 0 unspecified atom stereocenters. The van der Waals surface area contributed by atoms with Crippen LogP contribution in [0.4, 0.5) is 18.9 Å². The zero-order valence-electron chi connectivity index (χ0n) is 20.9. The second-order valence-corrected chi connectivity index (χ2v) is 10.3. The molecule has 0 bridgehead atoms. The van der Waals surface area contributed by atoms with E-state index in [9.17, 15) is 18.0 Å². The number of anilines is 1. The molecule has 0 saturated carbocycles. The summed E-state index contributed by atoms with van der Waals surface area (Å²) in [7, 11) is 0. The Morgan fingerprint density at radius 1 is 1.03 bits per heavy atom. The predicted octanol–water partition coefficient (Wildman–Crippen LogP) is 5.61. The Kier molecular flexibility index (Phi) is 8.44. The third-order valence-electron chi connectivity index (χ3n) is 7.63. The van der Waals surface area contributed by atoms with Crippen molar-refractivity contribution >= 4 is 11.6 Å². The summed E-state index contributed by atoms with van der Waals surface area (Å²) in [5, 5.41) is 3.16. The van der Waals surface area contributed by atoms with Crippen LogP contribution in [0, 0.1) is 11.3 Å². The van der Waals surface area contributed by atoms with E-state index < -0.39 is 11.8 Å². The van der Waals surface area contributed by atoms with Crippen LogP contribution in [-0.4, -0.2) is 49.9 Å². The van der Waals surface area contributed by atoms with Gasteiger partial charge in [0, 0.05) is 43.3 Å². The lowest BCUT2D eigenvalue weighted by Gasteiger charge is -2.39. The first-order valence-corrected chi connectivity index (χ1v) is 12.9. The number of benzene rings is 2. The molecular weight excluding hydrogens is 467 g/mol. The number of hydrogen-bond acceptors (Lipinski definition) is 4. The summed E-state index contributed by atoms with van der Waals surface area (Å²) in [5.41, 5.74) is 1.57. The summed E-state index contributed by atoms with van der Waals surface area (Å²) < 4.78 is 41.7. The van der Waals surface area contributed by atoms with Gasteiger partial charge in [0.15, 0.2) is 0 Å². The molecule has 2 aliphatic heterocycles. The molecular formula is C28H36F3N3O2. The number of likely N-dealkylation sites (tertiary alicyclic amines) is 1. The Morgan fingerprint density at radius 3 is 2.39 bits per heavy atom. The van der Waals surface area contributed by atoms with Gasteiger partial charge in [-0.15, -0.1) is 13.2 Å². The number of halogens is 3. The summed E-state index contributed by atoms with van der Waals surface area (Å²) in [6, 6.07) is 16.6. The van der Waals surface area contributed by atoms with Crippen molar-refractivity contribution in [3.63, 3.8) is 0 Å². The number of carbonyl (C=O) groups excluding carboxylic acids is 1. The summed E-state index contributed by atoms with van der Waals surface area (Å²) in [5.74, 6) is 0.493. The van der Waals surface area contributed by atoms with Crippen molar-refractivity contribution in [2.45, 2.75) is 51.9 Å². The highest BCUT2D eigenvalue weighted by molar-refractivity contribution is 5.82. The van der Waals surface area contributed by atoms with E-state index in [2.05, 4.69) is 39.2 Å². The Morgan fingerprint density at radius 2 is 1.72 bits per heavy atom. The molecule has 1 amide bonds. The minimum absolute atomic E-state index is 0.0813. The lowest BCUT2D eigenvalue weighted by atomic mass is 9.79. The van der Waals surface area contributed by atoms with E-state index in [1.807, 2.05) is 17.9 Å². The van der Waals surface area contributed by atoms with Gasteiger partial charge in [0.2, 0.25) is 5.91 Å². The van der Waals surface area contributed by atoms with Crippen LogP contribution in [0.5, 0.6) is 5.75 Å². The van der Waals surface area contributed by atoms with Crippen molar-refractivity contribution in [2.75, 3.05) is 37.6 Å². The molecule has 0 radical (unpaired) electrons. The van der Waals surface area contributed by atoms with Crippen molar-refractivity contribution in [1.29, 1.82) is 0 Å². The van der Waals surface area contributed by atoms with E-state index in [0.717, 1.165) is 38.9 Å². The molecule has 1 N–H and O–H groups in total. The number of alkyl halides is 3. The van der Waals surface area contributed by atoms with Gasteiger partial charge < -0.3 is 15.0 Å². The molecule has 0 atom stereocenters. The van der Waals surface area contributed by atoms with Crippen LogP contribution < -0.4 is 15.0 Å². The van der Waals surface area contributed by atoms with Gasteiger partial charge in [-0.1, -0.05) is 43.3 Å². The number of amides is 1. The fourth-order valence-corrected chi connectivity index (χ4v) is 5.24.